The lowest BCUT2D eigenvalue weighted by atomic mass is 10.0. The Morgan fingerprint density at radius 3 is 2.77 bits per heavy atom. The predicted octanol–water partition coefficient (Wildman–Crippen LogP) is 0.633. The smallest absolute Gasteiger partial charge is 0.245 e. The van der Waals surface area contributed by atoms with Crippen molar-refractivity contribution in [2.45, 2.75) is 43.2 Å². The molecule has 0 aromatic heterocycles. The Labute approximate surface area is 153 Å². The van der Waals surface area contributed by atoms with Gasteiger partial charge >= 0.3 is 0 Å². The van der Waals surface area contributed by atoms with Gasteiger partial charge in [-0.1, -0.05) is 0 Å². The van der Waals surface area contributed by atoms with Crippen molar-refractivity contribution in [3.8, 4) is 0 Å². The maximum Gasteiger partial charge on any atom is 0.245 e. The quantitative estimate of drug-likeness (QED) is 0.510. The molecule has 2 fully saturated rings. The largest absolute Gasteiger partial charge is 0.397 e. The van der Waals surface area contributed by atoms with Crippen LogP contribution >= 0.6 is 0 Å². The molecule has 2 atom stereocenters. The third-order valence-corrected chi connectivity index (χ3v) is 6.79. The van der Waals surface area contributed by atoms with Crippen LogP contribution in [0.2, 0.25) is 0 Å². The summed E-state index contributed by atoms with van der Waals surface area (Å²) in [6.45, 7) is 3.17. The third-order valence-electron chi connectivity index (χ3n) is 4.84. The van der Waals surface area contributed by atoms with Crippen LogP contribution in [0.4, 0.5) is 5.69 Å². The molecule has 2 heterocycles. The van der Waals surface area contributed by atoms with Crippen LogP contribution in [0.15, 0.2) is 17.0 Å². The van der Waals surface area contributed by atoms with Crippen LogP contribution < -0.4 is 11.1 Å². The summed E-state index contributed by atoms with van der Waals surface area (Å²) in [5, 5.41) is 10.3. The molecule has 0 aliphatic carbocycles. The van der Waals surface area contributed by atoms with E-state index in [2.05, 4.69) is 5.32 Å². The van der Waals surface area contributed by atoms with Crippen molar-refractivity contribution in [2.24, 2.45) is 0 Å². The number of nitrogens with one attached hydrogen (secondary N) is 2. The van der Waals surface area contributed by atoms with Crippen molar-refractivity contribution in [2.75, 3.05) is 25.5 Å². The van der Waals surface area contributed by atoms with Gasteiger partial charge in [-0.2, -0.15) is 4.31 Å². The summed E-state index contributed by atoms with van der Waals surface area (Å²) >= 11 is 0. The summed E-state index contributed by atoms with van der Waals surface area (Å²) in [5.74, 6) is -0.297. The molecule has 142 valence electrons. The Bertz CT molecular complexity index is 818. The normalized spacial score (nSPS) is 23.9. The molecule has 26 heavy (non-hydrogen) atoms. The zero-order valence-corrected chi connectivity index (χ0v) is 15.5. The number of anilines is 1. The fourth-order valence-corrected chi connectivity index (χ4v) is 5.18. The van der Waals surface area contributed by atoms with Crippen molar-refractivity contribution in [1.82, 2.24) is 9.62 Å². The van der Waals surface area contributed by atoms with Crippen molar-refractivity contribution < 1.29 is 17.9 Å². The Hall–Kier alpha value is -1.97. The maximum absolute atomic E-state index is 13.0. The first-order chi connectivity index (χ1) is 12.3. The van der Waals surface area contributed by atoms with Crippen LogP contribution in [0.1, 0.15) is 30.4 Å². The Morgan fingerprint density at radius 1 is 1.42 bits per heavy atom. The number of hydrogen-bond donors (Lipinski definition) is 3. The molecular weight excluding hydrogens is 356 g/mol. The molecule has 9 heteroatoms. The first kappa shape index (κ1) is 18.8. The molecule has 0 saturated carbocycles. The van der Waals surface area contributed by atoms with Gasteiger partial charge in [0, 0.05) is 24.9 Å². The van der Waals surface area contributed by atoms with Gasteiger partial charge in [0.05, 0.1) is 18.3 Å². The Balaban J connectivity index is 1.80. The van der Waals surface area contributed by atoms with Gasteiger partial charge in [0.25, 0.3) is 0 Å². The van der Waals surface area contributed by atoms with Gasteiger partial charge in [0.15, 0.2) is 0 Å². The summed E-state index contributed by atoms with van der Waals surface area (Å²) in [5.41, 5.74) is 7.04. The Morgan fingerprint density at radius 2 is 2.19 bits per heavy atom. The molecule has 0 unspecified atom stereocenters. The number of rotatable bonds is 5. The van der Waals surface area contributed by atoms with E-state index in [1.54, 1.807) is 13.0 Å². The number of ether oxygens (including phenoxy) is 1. The second kappa shape index (κ2) is 7.34. The number of sulfonamides is 1. The van der Waals surface area contributed by atoms with E-state index < -0.39 is 16.1 Å². The second-order valence-corrected chi connectivity index (χ2v) is 8.61. The van der Waals surface area contributed by atoms with Crippen LogP contribution in [0, 0.1) is 12.3 Å². The molecule has 2 aliphatic heterocycles. The van der Waals surface area contributed by atoms with Crippen molar-refractivity contribution in [3.05, 3.63) is 23.3 Å². The number of nitrogen functional groups attached to an aromatic ring is 1. The van der Waals surface area contributed by atoms with Gasteiger partial charge < -0.3 is 21.2 Å². The molecule has 1 aromatic rings. The van der Waals surface area contributed by atoms with Gasteiger partial charge in [-0.15, -0.1) is 0 Å². The average Bonchev–Trinajstić information content (AvgIpc) is 2.55. The van der Waals surface area contributed by atoms with E-state index in [0.717, 1.165) is 19.1 Å². The molecule has 3 rings (SSSR count). The molecule has 1 amide bonds. The van der Waals surface area contributed by atoms with Gasteiger partial charge in [0.1, 0.15) is 10.9 Å². The number of nitrogens with two attached hydrogens (primary N) is 1. The molecule has 0 spiro atoms. The van der Waals surface area contributed by atoms with Gasteiger partial charge in [-0.25, -0.2) is 8.42 Å². The van der Waals surface area contributed by atoms with Crippen LogP contribution in [0.5, 0.6) is 0 Å². The van der Waals surface area contributed by atoms with Gasteiger partial charge in [-0.05, 0) is 43.9 Å². The van der Waals surface area contributed by atoms with Crippen molar-refractivity contribution in [3.63, 3.8) is 0 Å². The van der Waals surface area contributed by atoms with Crippen LogP contribution in [-0.2, 0) is 19.6 Å². The number of carbonyl (C=O) groups is 1. The minimum absolute atomic E-state index is 0.0392. The fraction of sp³-hybridized carbons (Fsp3) is 0.529. The van der Waals surface area contributed by atoms with Crippen molar-refractivity contribution in [1.29, 1.82) is 5.41 Å². The summed E-state index contributed by atoms with van der Waals surface area (Å²) in [7, 11) is -3.91. The van der Waals surface area contributed by atoms with E-state index in [0.29, 0.717) is 30.8 Å². The predicted molar refractivity (Wildman–Crippen MR) is 97.8 cm³/mol. The van der Waals surface area contributed by atoms with E-state index in [1.807, 2.05) is 0 Å². The van der Waals surface area contributed by atoms with Gasteiger partial charge in [0.2, 0.25) is 15.9 Å². The highest BCUT2D eigenvalue weighted by atomic mass is 32.2. The molecule has 2 aliphatic rings. The lowest BCUT2D eigenvalue weighted by Gasteiger charge is -2.39. The molecule has 0 radical (unpaired) electrons. The highest BCUT2D eigenvalue weighted by Crippen LogP contribution is 2.32. The van der Waals surface area contributed by atoms with E-state index in [4.69, 9.17) is 15.9 Å². The number of hydrogen-bond acceptors (Lipinski definition) is 6. The zero-order chi connectivity index (χ0) is 18.9. The van der Waals surface area contributed by atoms with E-state index in [9.17, 15) is 13.2 Å². The SMILES string of the molecule is Cc1cc(C=N)c(N)c(S(=O)(=O)N2CC[C@H]2C(=O)N[C@@H]2CCCOC2)c1. The van der Waals surface area contributed by atoms with E-state index in [-0.39, 0.29) is 29.1 Å². The molecule has 4 N–H and O–H groups in total. The summed E-state index contributed by atoms with van der Waals surface area (Å²) in [6, 6.07) is 2.34. The number of nitrogens with zero attached hydrogens (tertiary/aromatic N) is 1. The highest BCUT2D eigenvalue weighted by molar-refractivity contribution is 7.89. The highest BCUT2D eigenvalue weighted by Gasteiger charge is 2.44. The van der Waals surface area contributed by atoms with Crippen LogP contribution in [0.3, 0.4) is 0 Å². The summed E-state index contributed by atoms with van der Waals surface area (Å²) < 4.78 is 32.6. The average molecular weight is 380 g/mol. The number of carbonyl (C=O) groups excluding carboxylic acids is 1. The second-order valence-electron chi connectivity index (χ2n) is 6.75. The molecular formula is C17H24N4O4S. The molecule has 2 saturated heterocycles. The third kappa shape index (κ3) is 3.46. The molecule has 1 aromatic carbocycles. The first-order valence-corrected chi connectivity index (χ1v) is 10.1. The molecule has 8 nitrogen and oxygen atoms in total. The topological polar surface area (TPSA) is 126 Å². The monoisotopic (exact) mass is 380 g/mol. The zero-order valence-electron chi connectivity index (χ0n) is 14.7. The maximum atomic E-state index is 13.0. The summed E-state index contributed by atoms with van der Waals surface area (Å²) in [4.78, 5) is 12.5. The molecule has 0 bridgehead atoms. The number of aryl methyl sites for hydroxylation is 1. The lowest BCUT2D eigenvalue weighted by molar-refractivity contribution is -0.129. The fourth-order valence-electron chi connectivity index (χ4n) is 3.32. The minimum atomic E-state index is -3.91. The minimum Gasteiger partial charge on any atom is -0.397 e. The van der Waals surface area contributed by atoms with Crippen LogP contribution in [-0.4, -0.2) is 56.7 Å². The van der Waals surface area contributed by atoms with E-state index >= 15 is 0 Å². The van der Waals surface area contributed by atoms with E-state index in [1.165, 1.54) is 10.4 Å². The standard InChI is InChI=1S/C17H24N4O4S/c1-11-7-12(9-18)16(19)15(8-11)26(23,24)21-5-4-14(21)17(22)20-13-3-2-6-25-10-13/h7-9,13-14,18H,2-6,10,19H2,1H3,(H,20,22)/t13-,14+/m1/s1. The van der Waals surface area contributed by atoms with Crippen molar-refractivity contribution >= 4 is 27.8 Å². The number of amides is 1. The lowest BCUT2D eigenvalue weighted by Crippen LogP contribution is -2.60. The summed E-state index contributed by atoms with van der Waals surface area (Å²) in [6.07, 6.45) is 3.22. The van der Waals surface area contributed by atoms with Gasteiger partial charge in [-0.3, -0.25) is 4.79 Å². The van der Waals surface area contributed by atoms with Crippen LogP contribution in [0.25, 0.3) is 0 Å². The first-order valence-electron chi connectivity index (χ1n) is 8.65. The number of benzene rings is 1. The Kier molecular flexibility index (Phi) is 5.31.